The first kappa shape index (κ1) is 24.4. The van der Waals surface area contributed by atoms with E-state index in [1.807, 2.05) is 66.4 Å². The fourth-order valence-corrected chi connectivity index (χ4v) is 5.52. The Balaban J connectivity index is 1.61. The molecule has 6 heteroatoms. The minimum Gasteiger partial charge on any atom is -0.302 e. The second-order valence-electron chi connectivity index (χ2n) is 8.41. The molecule has 176 valence electrons. The molecule has 0 spiro atoms. The van der Waals surface area contributed by atoms with Gasteiger partial charge in [0.1, 0.15) is 0 Å². The van der Waals surface area contributed by atoms with Crippen LogP contribution >= 0.6 is 22.9 Å². The van der Waals surface area contributed by atoms with Gasteiger partial charge in [0.15, 0.2) is 5.13 Å². The number of benzene rings is 3. The highest BCUT2D eigenvalue weighted by Crippen LogP contribution is 2.33. The average molecular weight is 492 g/mol. The van der Waals surface area contributed by atoms with E-state index in [1.54, 1.807) is 0 Å². The standard InChI is InChI=1S/C28H30ClN3OS/c1-4-31(5-2)15-16-32(28-30-26-20(3)17-24(29)19-25(26)34-28)27(33)23-13-11-22(12-14-23)18-21-9-7-6-8-10-21/h6-14,17,19H,4-5,15-16,18H2,1-3H3. The van der Waals surface area contributed by atoms with Gasteiger partial charge in [-0.15, -0.1) is 0 Å². The summed E-state index contributed by atoms with van der Waals surface area (Å²) < 4.78 is 0.999. The molecular formula is C28H30ClN3OS. The number of carbonyl (C=O) groups is 1. The van der Waals surface area contributed by atoms with Crippen LogP contribution in [0.25, 0.3) is 10.2 Å². The molecule has 4 aromatic rings. The van der Waals surface area contributed by atoms with E-state index in [0.29, 0.717) is 22.3 Å². The molecule has 4 nitrogen and oxygen atoms in total. The zero-order chi connectivity index (χ0) is 24.1. The molecule has 0 N–H and O–H groups in total. The van der Waals surface area contributed by atoms with Crippen molar-refractivity contribution >= 4 is 44.2 Å². The van der Waals surface area contributed by atoms with Crippen LogP contribution in [0.15, 0.2) is 66.7 Å². The van der Waals surface area contributed by atoms with E-state index in [0.717, 1.165) is 41.8 Å². The predicted molar refractivity (Wildman–Crippen MR) is 145 cm³/mol. The summed E-state index contributed by atoms with van der Waals surface area (Å²) >= 11 is 7.80. The monoisotopic (exact) mass is 491 g/mol. The number of likely N-dealkylation sites (N-methyl/N-ethyl adjacent to an activating group) is 1. The predicted octanol–water partition coefficient (Wildman–Crippen LogP) is 6.84. The molecule has 1 aromatic heterocycles. The minimum absolute atomic E-state index is 0.0266. The largest absolute Gasteiger partial charge is 0.302 e. The van der Waals surface area contributed by atoms with Gasteiger partial charge in [-0.2, -0.15) is 0 Å². The van der Waals surface area contributed by atoms with Crippen LogP contribution in [-0.4, -0.2) is 42.0 Å². The summed E-state index contributed by atoms with van der Waals surface area (Å²) in [6, 6.07) is 22.2. The van der Waals surface area contributed by atoms with Crippen molar-refractivity contribution in [1.29, 1.82) is 0 Å². The second kappa shape index (κ2) is 11.1. The first-order valence-corrected chi connectivity index (χ1v) is 12.9. The number of thiazole rings is 1. The molecule has 0 atom stereocenters. The van der Waals surface area contributed by atoms with Gasteiger partial charge in [-0.25, -0.2) is 4.98 Å². The number of anilines is 1. The number of carbonyl (C=O) groups excluding carboxylic acids is 1. The molecule has 1 heterocycles. The maximum atomic E-state index is 13.7. The number of hydrogen-bond donors (Lipinski definition) is 0. The first-order chi connectivity index (χ1) is 16.5. The third kappa shape index (κ3) is 5.66. The number of fused-ring (bicyclic) bond motifs is 1. The highest BCUT2D eigenvalue weighted by Gasteiger charge is 2.22. The van der Waals surface area contributed by atoms with Crippen LogP contribution in [0.1, 0.15) is 40.9 Å². The normalized spacial score (nSPS) is 11.3. The molecule has 0 fully saturated rings. The summed E-state index contributed by atoms with van der Waals surface area (Å²) in [4.78, 5) is 22.7. The van der Waals surface area contributed by atoms with Crippen molar-refractivity contribution in [2.24, 2.45) is 0 Å². The van der Waals surface area contributed by atoms with Gasteiger partial charge in [-0.1, -0.05) is 79.2 Å². The Morgan fingerprint density at radius 3 is 2.29 bits per heavy atom. The van der Waals surface area contributed by atoms with Crippen molar-refractivity contribution in [2.45, 2.75) is 27.2 Å². The Morgan fingerprint density at radius 1 is 0.941 bits per heavy atom. The minimum atomic E-state index is -0.0266. The maximum Gasteiger partial charge on any atom is 0.260 e. The highest BCUT2D eigenvalue weighted by molar-refractivity contribution is 7.22. The zero-order valence-corrected chi connectivity index (χ0v) is 21.5. The lowest BCUT2D eigenvalue weighted by molar-refractivity contribution is 0.0984. The third-order valence-electron chi connectivity index (χ3n) is 6.10. The van der Waals surface area contributed by atoms with E-state index in [1.165, 1.54) is 22.5 Å². The summed E-state index contributed by atoms with van der Waals surface area (Å²) in [5.74, 6) is -0.0266. The van der Waals surface area contributed by atoms with E-state index in [-0.39, 0.29) is 5.91 Å². The van der Waals surface area contributed by atoms with Crippen molar-refractivity contribution in [3.63, 3.8) is 0 Å². The molecule has 3 aromatic carbocycles. The van der Waals surface area contributed by atoms with E-state index >= 15 is 0 Å². The molecule has 4 rings (SSSR count). The fourth-order valence-electron chi connectivity index (χ4n) is 4.08. The van der Waals surface area contributed by atoms with Gasteiger partial charge in [-0.3, -0.25) is 9.69 Å². The zero-order valence-electron chi connectivity index (χ0n) is 19.9. The molecule has 0 saturated heterocycles. The van der Waals surface area contributed by atoms with E-state index in [2.05, 4.69) is 30.9 Å². The Hall–Kier alpha value is -2.73. The quantitative estimate of drug-likeness (QED) is 0.257. The lowest BCUT2D eigenvalue weighted by Crippen LogP contribution is -2.38. The summed E-state index contributed by atoms with van der Waals surface area (Å²) in [5, 5.41) is 1.40. The smallest absolute Gasteiger partial charge is 0.260 e. The van der Waals surface area contributed by atoms with Crippen LogP contribution < -0.4 is 4.90 Å². The molecule has 34 heavy (non-hydrogen) atoms. The number of rotatable bonds is 9. The fraction of sp³-hybridized carbons (Fsp3) is 0.286. The van der Waals surface area contributed by atoms with Gasteiger partial charge >= 0.3 is 0 Å². The number of halogens is 1. The van der Waals surface area contributed by atoms with E-state index < -0.39 is 0 Å². The summed E-state index contributed by atoms with van der Waals surface area (Å²) in [5.41, 5.74) is 5.04. The van der Waals surface area contributed by atoms with E-state index in [9.17, 15) is 4.79 Å². The first-order valence-electron chi connectivity index (χ1n) is 11.7. The Labute approximate surface area is 210 Å². The number of aryl methyl sites for hydroxylation is 1. The maximum absolute atomic E-state index is 13.7. The Morgan fingerprint density at radius 2 is 1.62 bits per heavy atom. The van der Waals surface area contributed by atoms with Gasteiger partial charge in [0.05, 0.1) is 10.2 Å². The van der Waals surface area contributed by atoms with Crippen molar-refractivity contribution in [3.05, 3.63) is 94.0 Å². The lowest BCUT2D eigenvalue weighted by Gasteiger charge is -2.24. The highest BCUT2D eigenvalue weighted by atomic mass is 35.5. The van der Waals surface area contributed by atoms with Crippen LogP contribution in [0.3, 0.4) is 0 Å². The molecular weight excluding hydrogens is 462 g/mol. The molecule has 0 aliphatic carbocycles. The topological polar surface area (TPSA) is 36.4 Å². The SMILES string of the molecule is CCN(CC)CCN(C(=O)c1ccc(Cc2ccccc2)cc1)c1nc2c(C)cc(Cl)cc2s1. The van der Waals surface area contributed by atoms with Crippen molar-refractivity contribution in [3.8, 4) is 0 Å². The van der Waals surface area contributed by atoms with Gasteiger partial charge in [0, 0.05) is 23.7 Å². The molecule has 0 radical (unpaired) electrons. The molecule has 0 bridgehead atoms. The van der Waals surface area contributed by atoms with E-state index in [4.69, 9.17) is 16.6 Å². The van der Waals surface area contributed by atoms with Gasteiger partial charge in [0.2, 0.25) is 0 Å². The number of nitrogens with zero attached hydrogens (tertiary/aromatic N) is 3. The van der Waals surface area contributed by atoms with Crippen LogP contribution in [0.4, 0.5) is 5.13 Å². The second-order valence-corrected chi connectivity index (χ2v) is 9.85. The molecule has 0 aliphatic heterocycles. The molecule has 0 aliphatic rings. The van der Waals surface area contributed by atoms with Crippen molar-refractivity contribution < 1.29 is 4.79 Å². The summed E-state index contributed by atoms with van der Waals surface area (Å²) in [6.07, 6.45) is 0.846. The van der Waals surface area contributed by atoms with Crippen LogP contribution in [0.2, 0.25) is 5.02 Å². The summed E-state index contributed by atoms with van der Waals surface area (Å²) in [7, 11) is 0. The van der Waals surface area contributed by atoms with Gasteiger partial charge in [-0.05, 0) is 67.4 Å². The molecule has 1 amide bonds. The number of aromatic nitrogens is 1. The lowest BCUT2D eigenvalue weighted by atomic mass is 10.0. The molecule has 0 saturated carbocycles. The van der Waals surface area contributed by atoms with Crippen LogP contribution in [0.5, 0.6) is 0 Å². The van der Waals surface area contributed by atoms with Crippen LogP contribution in [-0.2, 0) is 6.42 Å². The van der Waals surface area contributed by atoms with Crippen LogP contribution in [0, 0.1) is 6.92 Å². The Bertz CT molecular complexity index is 1250. The van der Waals surface area contributed by atoms with Gasteiger partial charge in [0.25, 0.3) is 5.91 Å². The number of amides is 1. The number of hydrogen-bond acceptors (Lipinski definition) is 4. The summed E-state index contributed by atoms with van der Waals surface area (Å²) in [6.45, 7) is 9.56. The Kier molecular flexibility index (Phi) is 7.99. The van der Waals surface area contributed by atoms with Crippen molar-refractivity contribution in [2.75, 3.05) is 31.1 Å². The third-order valence-corrected chi connectivity index (χ3v) is 7.34. The average Bonchev–Trinajstić information content (AvgIpc) is 3.27. The van der Waals surface area contributed by atoms with Gasteiger partial charge < -0.3 is 4.90 Å². The van der Waals surface area contributed by atoms with Crippen molar-refractivity contribution in [1.82, 2.24) is 9.88 Å². The molecule has 0 unspecified atom stereocenters.